The van der Waals surface area contributed by atoms with Crippen LogP contribution in [0, 0.1) is 0 Å². The van der Waals surface area contributed by atoms with Crippen molar-refractivity contribution in [2.24, 2.45) is 0 Å². The Bertz CT molecular complexity index is 478. The summed E-state index contributed by atoms with van der Waals surface area (Å²) in [5.41, 5.74) is 2.05. The number of aromatic nitrogens is 3. The second-order valence-electron chi connectivity index (χ2n) is 4.01. The Hall–Kier alpha value is -1.72. The molecule has 0 atom stereocenters. The van der Waals surface area contributed by atoms with Crippen molar-refractivity contribution >= 4 is 0 Å². The van der Waals surface area contributed by atoms with Crippen molar-refractivity contribution in [2.45, 2.75) is 26.7 Å². The van der Waals surface area contributed by atoms with Crippen molar-refractivity contribution < 1.29 is 9.47 Å². The van der Waals surface area contributed by atoms with Gasteiger partial charge in [-0.15, -0.1) is 0 Å². The molecule has 0 fully saturated rings. The molecule has 0 spiro atoms. The summed E-state index contributed by atoms with van der Waals surface area (Å²) in [4.78, 5) is 8.33. The van der Waals surface area contributed by atoms with Crippen LogP contribution in [0.5, 0.6) is 0 Å². The lowest BCUT2D eigenvalue weighted by atomic mass is 10.2. The van der Waals surface area contributed by atoms with E-state index in [1.807, 2.05) is 42.9 Å². The van der Waals surface area contributed by atoms with Crippen molar-refractivity contribution in [2.75, 3.05) is 13.2 Å². The van der Waals surface area contributed by atoms with Gasteiger partial charge in [-0.2, -0.15) is 0 Å². The highest BCUT2D eigenvalue weighted by Crippen LogP contribution is 2.18. The smallest absolute Gasteiger partial charge is 0.175 e. The van der Waals surface area contributed by atoms with Crippen molar-refractivity contribution in [3.05, 3.63) is 37.1 Å². The molecule has 2 heterocycles. The maximum Gasteiger partial charge on any atom is 0.175 e. The van der Waals surface area contributed by atoms with E-state index in [9.17, 15) is 0 Å². The average Bonchev–Trinajstić information content (AvgIpc) is 2.88. The highest BCUT2D eigenvalue weighted by molar-refractivity contribution is 5.57. The highest BCUT2D eigenvalue weighted by atomic mass is 16.7. The van der Waals surface area contributed by atoms with Gasteiger partial charge in [-0.05, 0) is 26.0 Å². The number of nitrogens with zero attached hydrogens (tertiary/aromatic N) is 3. The summed E-state index contributed by atoms with van der Waals surface area (Å²) in [6.45, 7) is 5.79. The summed E-state index contributed by atoms with van der Waals surface area (Å²) < 4.78 is 13.1. The van der Waals surface area contributed by atoms with Gasteiger partial charge >= 0.3 is 0 Å². The first kappa shape index (κ1) is 13.7. The molecule has 0 aromatic carbocycles. The summed E-state index contributed by atoms with van der Waals surface area (Å²) in [5.74, 6) is 0. The van der Waals surface area contributed by atoms with Crippen molar-refractivity contribution in [1.82, 2.24) is 14.5 Å². The number of pyridine rings is 1. The van der Waals surface area contributed by atoms with Gasteiger partial charge in [0.1, 0.15) is 0 Å². The van der Waals surface area contributed by atoms with Gasteiger partial charge in [0, 0.05) is 31.2 Å². The Morgan fingerprint density at radius 2 is 1.95 bits per heavy atom. The Morgan fingerprint density at radius 1 is 1.16 bits per heavy atom. The third-order valence-corrected chi connectivity index (χ3v) is 2.72. The quantitative estimate of drug-likeness (QED) is 0.718. The van der Waals surface area contributed by atoms with Crippen LogP contribution in [0.2, 0.25) is 0 Å². The molecule has 2 rings (SSSR count). The molecular weight excluding hydrogens is 242 g/mol. The lowest BCUT2D eigenvalue weighted by Gasteiger charge is -2.18. The molecule has 0 radical (unpaired) electrons. The van der Waals surface area contributed by atoms with Gasteiger partial charge in [0.15, 0.2) is 6.29 Å². The number of imidazole rings is 1. The van der Waals surface area contributed by atoms with Gasteiger partial charge in [-0.25, -0.2) is 4.98 Å². The molecule has 102 valence electrons. The van der Waals surface area contributed by atoms with Crippen LogP contribution in [-0.2, 0) is 16.0 Å². The topological polar surface area (TPSA) is 49.2 Å². The van der Waals surface area contributed by atoms with Crippen LogP contribution >= 0.6 is 0 Å². The monoisotopic (exact) mass is 261 g/mol. The predicted molar refractivity (Wildman–Crippen MR) is 72.5 cm³/mol. The van der Waals surface area contributed by atoms with Crippen LogP contribution in [0.25, 0.3) is 11.3 Å². The minimum atomic E-state index is -0.250. The van der Waals surface area contributed by atoms with Gasteiger partial charge in [0.05, 0.1) is 24.8 Å². The molecule has 19 heavy (non-hydrogen) atoms. The maximum absolute atomic E-state index is 5.56. The molecule has 5 heteroatoms. The van der Waals surface area contributed by atoms with E-state index in [1.165, 1.54) is 0 Å². The number of hydrogen-bond donors (Lipinski definition) is 0. The molecule has 0 aliphatic heterocycles. The third kappa shape index (κ3) is 3.62. The van der Waals surface area contributed by atoms with Crippen LogP contribution < -0.4 is 0 Å². The molecule has 0 unspecified atom stereocenters. The molecule has 0 aliphatic rings. The van der Waals surface area contributed by atoms with Crippen LogP contribution in [0.4, 0.5) is 0 Å². The fourth-order valence-corrected chi connectivity index (χ4v) is 1.91. The largest absolute Gasteiger partial charge is 0.351 e. The molecule has 0 saturated heterocycles. The van der Waals surface area contributed by atoms with E-state index >= 15 is 0 Å². The maximum atomic E-state index is 5.56. The normalized spacial score (nSPS) is 11.1. The molecule has 2 aromatic rings. The number of hydrogen-bond acceptors (Lipinski definition) is 4. The zero-order valence-electron chi connectivity index (χ0n) is 11.3. The first-order valence-corrected chi connectivity index (χ1v) is 6.48. The first-order valence-electron chi connectivity index (χ1n) is 6.48. The summed E-state index contributed by atoms with van der Waals surface area (Å²) in [6, 6.07) is 3.92. The Balaban J connectivity index is 2.15. The molecule has 2 aromatic heterocycles. The third-order valence-electron chi connectivity index (χ3n) is 2.72. The van der Waals surface area contributed by atoms with Gasteiger partial charge < -0.3 is 14.0 Å². The number of ether oxygens (including phenoxy) is 2. The van der Waals surface area contributed by atoms with Crippen LogP contribution in [0.1, 0.15) is 13.8 Å². The first-order chi connectivity index (χ1) is 9.35. The lowest BCUT2D eigenvalue weighted by molar-refractivity contribution is -0.143. The fourth-order valence-electron chi connectivity index (χ4n) is 1.91. The van der Waals surface area contributed by atoms with Crippen molar-refractivity contribution in [3.8, 4) is 11.3 Å². The Kier molecular flexibility index (Phi) is 5.06. The van der Waals surface area contributed by atoms with E-state index in [0.717, 1.165) is 11.3 Å². The SMILES string of the molecule is CCOC(Cn1cncc1-c1cccnc1)OCC. The van der Waals surface area contributed by atoms with Crippen LogP contribution in [0.15, 0.2) is 37.1 Å². The second-order valence-corrected chi connectivity index (χ2v) is 4.01. The minimum absolute atomic E-state index is 0.250. The Morgan fingerprint density at radius 3 is 2.58 bits per heavy atom. The minimum Gasteiger partial charge on any atom is -0.351 e. The van der Waals surface area contributed by atoms with E-state index in [2.05, 4.69) is 9.97 Å². The molecule has 0 saturated carbocycles. The Labute approximate surface area is 113 Å². The zero-order valence-corrected chi connectivity index (χ0v) is 11.3. The van der Waals surface area contributed by atoms with Crippen LogP contribution in [0.3, 0.4) is 0 Å². The molecule has 0 bridgehead atoms. The predicted octanol–water partition coefficient (Wildman–Crippen LogP) is 2.34. The van der Waals surface area contributed by atoms with Crippen LogP contribution in [-0.4, -0.2) is 34.0 Å². The van der Waals surface area contributed by atoms with Crippen molar-refractivity contribution in [3.63, 3.8) is 0 Å². The summed E-state index contributed by atoms with van der Waals surface area (Å²) in [6.07, 6.45) is 6.94. The summed E-state index contributed by atoms with van der Waals surface area (Å²) in [5, 5.41) is 0. The summed E-state index contributed by atoms with van der Waals surface area (Å²) >= 11 is 0. The molecule has 0 N–H and O–H groups in total. The average molecular weight is 261 g/mol. The zero-order chi connectivity index (χ0) is 13.5. The lowest BCUT2D eigenvalue weighted by Crippen LogP contribution is -2.23. The molecule has 5 nitrogen and oxygen atoms in total. The van der Waals surface area contributed by atoms with E-state index in [1.54, 1.807) is 12.5 Å². The van der Waals surface area contributed by atoms with Gasteiger partial charge in [0.2, 0.25) is 0 Å². The van der Waals surface area contributed by atoms with E-state index < -0.39 is 0 Å². The van der Waals surface area contributed by atoms with E-state index in [0.29, 0.717) is 19.8 Å². The number of rotatable bonds is 7. The molecule has 0 amide bonds. The standard InChI is InChI=1S/C14H19N3O2/c1-3-18-14(19-4-2)10-17-11-16-9-13(17)12-6-5-7-15-8-12/h5-9,11,14H,3-4,10H2,1-2H3. The summed E-state index contributed by atoms with van der Waals surface area (Å²) in [7, 11) is 0. The molecular formula is C14H19N3O2. The van der Waals surface area contributed by atoms with Crippen molar-refractivity contribution in [1.29, 1.82) is 0 Å². The van der Waals surface area contributed by atoms with Gasteiger partial charge in [-0.1, -0.05) is 0 Å². The van der Waals surface area contributed by atoms with Gasteiger partial charge in [-0.3, -0.25) is 4.98 Å². The fraction of sp³-hybridized carbons (Fsp3) is 0.429. The van der Waals surface area contributed by atoms with E-state index in [-0.39, 0.29) is 6.29 Å². The molecule has 0 aliphatic carbocycles. The van der Waals surface area contributed by atoms with E-state index in [4.69, 9.17) is 9.47 Å². The highest BCUT2D eigenvalue weighted by Gasteiger charge is 2.12. The van der Waals surface area contributed by atoms with Gasteiger partial charge in [0.25, 0.3) is 0 Å². The second kappa shape index (κ2) is 7.01.